The molecule has 9 heteroatoms. The lowest BCUT2D eigenvalue weighted by atomic mass is 10.2. The standard InChI is InChI=1S/C13H16Cl2F3N3O/c1-19-12(20-6-11(22)13(16,17)18)21(2)7-8-3-4-9(14)10(15)5-8/h3-5,11,22H,6-7H2,1-2H3,(H,19,20). The summed E-state index contributed by atoms with van der Waals surface area (Å²) in [6, 6.07) is 5.05. The zero-order valence-electron chi connectivity index (χ0n) is 12.0. The van der Waals surface area contributed by atoms with E-state index in [-0.39, 0.29) is 5.96 Å². The normalized spacial score (nSPS) is 13.9. The van der Waals surface area contributed by atoms with Gasteiger partial charge in [-0.3, -0.25) is 4.99 Å². The van der Waals surface area contributed by atoms with E-state index >= 15 is 0 Å². The van der Waals surface area contributed by atoms with Gasteiger partial charge in [0, 0.05) is 20.6 Å². The van der Waals surface area contributed by atoms with Gasteiger partial charge in [0.2, 0.25) is 0 Å². The number of halogens is 5. The Kier molecular flexibility index (Phi) is 6.77. The average Bonchev–Trinajstić information content (AvgIpc) is 2.42. The summed E-state index contributed by atoms with van der Waals surface area (Å²) in [7, 11) is 3.09. The van der Waals surface area contributed by atoms with Gasteiger partial charge in [-0.2, -0.15) is 13.2 Å². The molecule has 0 aliphatic rings. The van der Waals surface area contributed by atoms with Gasteiger partial charge < -0.3 is 15.3 Å². The molecular formula is C13H16Cl2F3N3O. The highest BCUT2D eigenvalue weighted by Gasteiger charge is 2.38. The minimum absolute atomic E-state index is 0.217. The summed E-state index contributed by atoms with van der Waals surface area (Å²) in [5.41, 5.74) is 0.816. The molecule has 0 aliphatic carbocycles. The van der Waals surface area contributed by atoms with Gasteiger partial charge in [-0.1, -0.05) is 29.3 Å². The van der Waals surface area contributed by atoms with Crippen molar-refractivity contribution in [2.45, 2.75) is 18.8 Å². The fourth-order valence-corrected chi connectivity index (χ4v) is 2.00. The maximum atomic E-state index is 12.3. The first-order valence-corrected chi connectivity index (χ1v) is 7.01. The van der Waals surface area contributed by atoms with Gasteiger partial charge in [-0.05, 0) is 17.7 Å². The van der Waals surface area contributed by atoms with Crippen molar-refractivity contribution >= 4 is 29.2 Å². The Balaban J connectivity index is 2.65. The number of hydrogen-bond acceptors (Lipinski definition) is 2. The van der Waals surface area contributed by atoms with Crippen LogP contribution in [0.3, 0.4) is 0 Å². The molecule has 1 rings (SSSR count). The van der Waals surface area contributed by atoms with E-state index in [2.05, 4.69) is 10.3 Å². The van der Waals surface area contributed by atoms with Crippen LogP contribution in [0.1, 0.15) is 5.56 Å². The molecular weight excluding hydrogens is 342 g/mol. The van der Waals surface area contributed by atoms with Gasteiger partial charge in [-0.25, -0.2) is 0 Å². The van der Waals surface area contributed by atoms with Gasteiger partial charge in [0.05, 0.1) is 16.6 Å². The van der Waals surface area contributed by atoms with Crippen molar-refractivity contribution < 1.29 is 18.3 Å². The molecule has 0 saturated carbocycles. The van der Waals surface area contributed by atoms with Crippen LogP contribution in [0, 0.1) is 0 Å². The van der Waals surface area contributed by atoms with Crippen LogP contribution >= 0.6 is 23.2 Å². The van der Waals surface area contributed by atoms with Crippen molar-refractivity contribution in [2.75, 3.05) is 20.6 Å². The van der Waals surface area contributed by atoms with Crippen molar-refractivity contribution in [3.8, 4) is 0 Å². The minimum Gasteiger partial charge on any atom is -0.382 e. The molecule has 0 heterocycles. The van der Waals surface area contributed by atoms with Gasteiger partial charge >= 0.3 is 6.18 Å². The third-order valence-corrected chi connectivity index (χ3v) is 3.55. The lowest BCUT2D eigenvalue weighted by molar-refractivity contribution is -0.201. The van der Waals surface area contributed by atoms with Crippen LogP contribution in [0.15, 0.2) is 23.2 Å². The van der Waals surface area contributed by atoms with Crippen molar-refractivity contribution in [3.63, 3.8) is 0 Å². The monoisotopic (exact) mass is 357 g/mol. The molecule has 0 fully saturated rings. The number of aliphatic hydroxyl groups excluding tert-OH is 1. The molecule has 22 heavy (non-hydrogen) atoms. The summed E-state index contributed by atoms with van der Waals surface area (Å²) in [6.07, 6.45) is -7.13. The fraction of sp³-hybridized carbons (Fsp3) is 0.462. The Morgan fingerprint density at radius 1 is 1.36 bits per heavy atom. The Morgan fingerprint density at radius 3 is 2.50 bits per heavy atom. The number of aliphatic imine (C=N–C) groups is 1. The Morgan fingerprint density at radius 2 is 2.00 bits per heavy atom. The van der Waals surface area contributed by atoms with E-state index in [1.807, 2.05) is 0 Å². The van der Waals surface area contributed by atoms with Crippen LogP contribution in [0.25, 0.3) is 0 Å². The van der Waals surface area contributed by atoms with Crippen molar-refractivity contribution in [1.82, 2.24) is 10.2 Å². The van der Waals surface area contributed by atoms with Crippen LogP contribution < -0.4 is 5.32 Å². The minimum atomic E-state index is -4.67. The number of nitrogens with one attached hydrogen (secondary N) is 1. The number of nitrogens with zero attached hydrogens (tertiary/aromatic N) is 2. The highest BCUT2D eigenvalue weighted by atomic mass is 35.5. The maximum Gasteiger partial charge on any atom is 0.416 e. The first kappa shape index (κ1) is 18.9. The van der Waals surface area contributed by atoms with E-state index in [1.54, 1.807) is 30.1 Å². The number of guanidine groups is 1. The SMILES string of the molecule is CN=C(NCC(O)C(F)(F)F)N(C)Cc1ccc(Cl)c(Cl)c1. The largest absolute Gasteiger partial charge is 0.416 e. The molecule has 0 saturated heterocycles. The number of aliphatic hydroxyl groups is 1. The van der Waals surface area contributed by atoms with E-state index in [0.29, 0.717) is 16.6 Å². The van der Waals surface area contributed by atoms with E-state index in [0.717, 1.165) is 5.56 Å². The molecule has 1 aromatic rings. The van der Waals surface area contributed by atoms with Crippen molar-refractivity contribution in [1.29, 1.82) is 0 Å². The molecule has 1 aromatic carbocycles. The van der Waals surface area contributed by atoms with Crippen molar-refractivity contribution in [3.05, 3.63) is 33.8 Å². The lowest BCUT2D eigenvalue weighted by Gasteiger charge is -2.24. The third-order valence-electron chi connectivity index (χ3n) is 2.81. The molecule has 0 amide bonds. The van der Waals surface area contributed by atoms with E-state index in [4.69, 9.17) is 28.3 Å². The maximum absolute atomic E-state index is 12.3. The van der Waals surface area contributed by atoms with Gasteiger partial charge in [-0.15, -0.1) is 0 Å². The number of hydrogen-bond donors (Lipinski definition) is 2. The summed E-state index contributed by atoms with van der Waals surface area (Å²) in [5, 5.41) is 12.3. The van der Waals surface area contributed by atoms with E-state index in [9.17, 15) is 13.2 Å². The molecule has 1 atom stereocenters. The predicted octanol–water partition coefficient (Wildman–Crippen LogP) is 2.92. The zero-order valence-corrected chi connectivity index (χ0v) is 13.5. The van der Waals surface area contributed by atoms with E-state index in [1.165, 1.54) is 7.05 Å². The van der Waals surface area contributed by atoms with Crippen LogP contribution in [-0.4, -0.2) is 48.9 Å². The summed E-state index contributed by atoms with van der Waals surface area (Å²) in [6.45, 7) is -0.319. The molecule has 0 aromatic heterocycles. The molecule has 1 unspecified atom stereocenters. The summed E-state index contributed by atoms with van der Waals surface area (Å²) < 4.78 is 36.8. The molecule has 0 radical (unpaired) electrons. The fourth-order valence-electron chi connectivity index (χ4n) is 1.68. The second-order valence-corrected chi connectivity index (χ2v) is 5.40. The van der Waals surface area contributed by atoms with Gasteiger partial charge in [0.25, 0.3) is 0 Å². The Hall–Kier alpha value is -1.18. The Labute approximate surface area is 136 Å². The summed E-state index contributed by atoms with van der Waals surface area (Å²) in [5.74, 6) is 0.217. The molecule has 0 bridgehead atoms. The zero-order chi connectivity index (χ0) is 16.9. The van der Waals surface area contributed by atoms with Crippen LogP contribution in [-0.2, 0) is 6.54 Å². The van der Waals surface area contributed by atoms with Gasteiger partial charge in [0.1, 0.15) is 0 Å². The van der Waals surface area contributed by atoms with Crippen LogP contribution in [0.5, 0.6) is 0 Å². The summed E-state index contributed by atoms with van der Waals surface area (Å²) >= 11 is 11.7. The summed E-state index contributed by atoms with van der Waals surface area (Å²) in [4.78, 5) is 5.47. The molecule has 4 nitrogen and oxygen atoms in total. The molecule has 0 spiro atoms. The van der Waals surface area contributed by atoms with Gasteiger partial charge in [0.15, 0.2) is 12.1 Å². The lowest BCUT2D eigenvalue weighted by Crippen LogP contribution is -2.45. The van der Waals surface area contributed by atoms with Crippen molar-refractivity contribution in [2.24, 2.45) is 4.99 Å². The first-order valence-electron chi connectivity index (χ1n) is 6.25. The second kappa shape index (κ2) is 7.89. The smallest absolute Gasteiger partial charge is 0.382 e. The highest BCUT2D eigenvalue weighted by molar-refractivity contribution is 6.42. The van der Waals surface area contributed by atoms with Crippen LogP contribution in [0.4, 0.5) is 13.2 Å². The van der Waals surface area contributed by atoms with Crippen LogP contribution in [0.2, 0.25) is 10.0 Å². The number of benzene rings is 1. The second-order valence-electron chi connectivity index (χ2n) is 4.59. The quantitative estimate of drug-likeness (QED) is 0.643. The molecule has 2 N–H and O–H groups in total. The average molecular weight is 358 g/mol. The first-order chi connectivity index (χ1) is 10.1. The third kappa shape index (κ3) is 5.55. The predicted molar refractivity (Wildman–Crippen MR) is 81.4 cm³/mol. The van der Waals surface area contributed by atoms with E-state index < -0.39 is 18.8 Å². The Bertz CT molecular complexity index is 538. The number of alkyl halides is 3. The molecule has 124 valence electrons. The molecule has 0 aliphatic heterocycles. The topological polar surface area (TPSA) is 47.9 Å². The highest BCUT2D eigenvalue weighted by Crippen LogP contribution is 2.23. The number of rotatable bonds is 4.